The van der Waals surface area contributed by atoms with E-state index in [2.05, 4.69) is 27.2 Å². The van der Waals surface area contributed by atoms with E-state index in [-0.39, 0.29) is 37.9 Å². The van der Waals surface area contributed by atoms with Gasteiger partial charge in [0.05, 0.1) is 13.1 Å². The number of nitrogens with two attached hydrogens (primary N) is 1. The SMILES string of the molecule is C#CCN(Cc1cc(NC(=O)[C@H](CCCNC(N)=O)NC(=O)[C@@H](NC(=O)OC(C)(C)C)C(C)C)ccc1CCl)C(=O)O. The van der Waals surface area contributed by atoms with Crippen molar-refractivity contribution in [2.75, 3.05) is 18.4 Å². The lowest BCUT2D eigenvalue weighted by Gasteiger charge is -2.27. The summed E-state index contributed by atoms with van der Waals surface area (Å²) in [5, 5.41) is 19.8. The summed E-state index contributed by atoms with van der Waals surface area (Å²) in [5.74, 6) is 0.859. The zero-order chi connectivity index (χ0) is 32.0. The van der Waals surface area contributed by atoms with Crippen LogP contribution in [0.1, 0.15) is 58.6 Å². The van der Waals surface area contributed by atoms with Gasteiger partial charge >= 0.3 is 18.2 Å². The lowest BCUT2D eigenvalue weighted by Crippen LogP contribution is -2.55. The molecule has 0 fully saturated rings. The van der Waals surface area contributed by atoms with Crippen LogP contribution in [0, 0.1) is 18.3 Å². The lowest BCUT2D eigenvalue weighted by atomic mass is 10.0. The van der Waals surface area contributed by atoms with Crippen LogP contribution in [0.25, 0.3) is 0 Å². The minimum atomic E-state index is -1.21. The Morgan fingerprint density at radius 3 is 2.31 bits per heavy atom. The van der Waals surface area contributed by atoms with Crippen LogP contribution in [0.4, 0.5) is 20.1 Å². The summed E-state index contributed by atoms with van der Waals surface area (Å²) in [6.07, 6.45) is 3.71. The summed E-state index contributed by atoms with van der Waals surface area (Å²) >= 11 is 6.04. The second-order valence-electron chi connectivity index (χ2n) is 10.8. The van der Waals surface area contributed by atoms with Crippen molar-refractivity contribution in [1.29, 1.82) is 0 Å². The Morgan fingerprint density at radius 2 is 1.79 bits per heavy atom. The van der Waals surface area contributed by atoms with Crippen molar-refractivity contribution < 1.29 is 33.8 Å². The number of hydrogen-bond acceptors (Lipinski definition) is 6. The van der Waals surface area contributed by atoms with E-state index >= 15 is 0 Å². The number of carbonyl (C=O) groups is 5. The maximum absolute atomic E-state index is 13.4. The molecule has 0 bridgehead atoms. The van der Waals surface area contributed by atoms with Gasteiger partial charge in [-0.25, -0.2) is 14.4 Å². The van der Waals surface area contributed by atoms with Gasteiger partial charge in [-0.1, -0.05) is 25.8 Å². The molecule has 1 aromatic carbocycles. The maximum atomic E-state index is 13.4. The van der Waals surface area contributed by atoms with E-state index in [0.29, 0.717) is 23.2 Å². The smallest absolute Gasteiger partial charge is 0.408 e. The number of carboxylic acid groups (broad SMARTS) is 1. The Balaban J connectivity index is 3.18. The molecule has 2 atom stereocenters. The van der Waals surface area contributed by atoms with E-state index in [9.17, 15) is 29.1 Å². The largest absolute Gasteiger partial charge is 0.465 e. The molecule has 13 nitrogen and oxygen atoms in total. The number of urea groups is 1. The van der Waals surface area contributed by atoms with Gasteiger partial charge in [-0.15, -0.1) is 18.0 Å². The molecule has 0 aliphatic rings. The first-order chi connectivity index (χ1) is 19.6. The van der Waals surface area contributed by atoms with Crippen molar-refractivity contribution in [3.63, 3.8) is 0 Å². The quantitative estimate of drug-likeness (QED) is 0.106. The topological polar surface area (TPSA) is 192 Å². The average molecular weight is 609 g/mol. The van der Waals surface area contributed by atoms with Crippen LogP contribution in [0.3, 0.4) is 0 Å². The number of rotatable bonds is 14. The number of alkyl halides is 1. The van der Waals surface area contributed by atoms with Gasteiger partial charge in [0.15, 0.2) is 0 Å². The van der Waals surface area contributed by atoms with Crippen LogP contribution in [-0.2, 0) is 26.8 Å². The predicted octanol–water partition coefficient (Wildman–Crippen LogP) is 2.96. The van der Waals surface area contributed by atoms with Crippen LogP contribution in [0.5, 0.6) is 0 Å². The number of ether oxygens (including phenoxy) is 1. The van der Waals surface area contributed by atoms with Crippen molar-refractivity contribution in [2.24, 2.45) is 11.7 Å². The zero-order valence-corrected chi connectivity index (χ0v) is 25.3. The number of terminal acetylenes is 1. The van der Waals surface area contributed by atoms with Crippen LogP contribution >= 0.6 is 11.6 Å². The molecule has 0 saturated heterocycles. The van der Waals surface area contributed by atoms with Gasteiger partial charge in [0.25, 0.3) is 0 Å². The Labute approximate surface area is 251 Å². The molecule has 1 aromatic rings. The monoisotopic (exact) mass is 608 g/mol. The fourth-order valence-corrected chi connectivity index (χ4v) is 4.00. The second kappa shape index (κ2) is 16.9. The summed E-state index contributed by atoms with van der Waals surface area (Å²) in [6.45, 7) is 8.49. The molecule has 6 amide bonds. The molecule has 0 heterocycles. The molecular formula is C28H41ClN6O7. The van der Waals surface area contributed by atoms with E-state index in [1.165, 1.54) is 0 Å². The van der Waals surface area contributed by atoms with E-state index in [4.69, 9.17) is 28.5 Å². The Morgan fingerprint density at radius 1 is 1.12 bits per heavy atom. The van der Waals surface area contributed by atoms with Crippen LogP contribution in [0.2, 0.25) is 0 Å². The number of carbonyl (C=O) groups excluding carboxylic acids is 4. The first kappa shape index (κ1) is 35.8. The number of nitrogens with zero attached hydrogens (tertiary/aromatic N) is 1. The number of alkyl carbamates (subject to hydrolysis) is 1. The van der Waals surface area contributed by atoms with Gasteiger partial charge in [0, 0.05) is 18.1 Å². The maximum Gasteiger partial charge on any atom is 0.408 e. The third-order valence-corrected chi connectivity index (χ3v) is 6.04. The molecule has 0 spiro atoms. The van der Waals surface area contributed by atoms with Crippen molar-refractivity contribution in [1.82, 2.24) is 20.9 Å². The predicted molar refractivity (Wildman–Crippen MR) is 159 cm³/mol. The van der Waals surface area contributed by atoms with Crippen molar-refractivity contribution >= 4 is 47.3 Å². The summed E-state index contributed by atoms with van der Waals surface area (Å²) in [7, 11) is 0. The lowest BCUT2D eigenvalue weighted by molar-refractivity contribution is -0.128. The zero-order valence-electron chi connectivity index (χ0n) is 24.6. The highest BCUT2D eigenvalue weighted by Crippen LogP contribution is 2.21. The molecule has 42 heavy (non-hydrogen) atoms. The molecule has 0 radical (unpaired) electrons. The van der Waals surface area contributed by atoms with Crippen molar-refractivity contribution in [3.05, 3.63) is 29.3 Å². The van der Waals surface area contributed by atoms with Gasteiger partial charge in [-0.2, -0.15) is 0 Å². The molecule has 0 saturated carbocycles. The standard InChI is InChI=1S/C28H41ClN6O7/c1-7-13-35(27(40)41)16-19-14-20(11-10-18(19)15-29)32-23(36)21(9-8-12-31-25(30)38)33-24(37)22(17(2)3)34-26(39)42-28(4,5)6/h1,10-11,14,17,21-22H,8-9,12-13,15-16H2,2-6H3,(H,32,36)(H,33,37)(H,34,39)(H,40,41)(H3,30,31,38)/t21-,22-/m0/s1. The Bertz CT molecular complexity index is 1160. The first-order valence-corrected chi connectivity index (χ1v) is 13.8. The highest BCUT2D eigenvalue weighted by Gasteiger charge is 2.30. The summed E-state index contributed by atoms with van der Waals surface area (Å²) in [4.78, 5) is 62.6. The normalized spacial score (nSPS) is 12.3. The van der Waals surface area contributed by atoms with Crippen LogP contribution < -0.4 is 27.0 Å². The number of primary amides is 1. The number of amides is 6. The second-order valence-corrected chi connectivity index (χ2v) is 11.1. The van der Waals surface area contributed by atoms with Gasteiger partial charge in [0.2, 0.25) is 11.8 Å². The van der Waals surface area contributed by atoms with E-state index in [0.717, 1.165) is 4.90 Å². The highest BCUT2D eigenvalue weighted by molar-refractivity contribution is 6.17. The van der Waals surface area contributed by atoms with E-state index in [1.807, 2.05) is 0 Å². The number of halogens is 1. The van der Waals surface area contributed by atoms with Crippen LogP contribution in [-0.4, -0.2) is 70.8 Å². The molecule has 0 aliphatic heterocycles. The number of benzene rings is 1. The summed E-state index contributed by atoms with van der Waals surface area (Å²) < 4.78 is 5.27. The molecule has 7 N–H and O–H groups in total. The van der Waals surface area contributed by atoms with Gasteiger partial charge in [-0.05, 0) is 62.8 Å². The minimum absolute atomic E-state index is 0.0589. The van der Waals surface area contributed by atoms with Gasteiger partial charge in [-0.3, -0.25) is 14.5 Å². The Kier molecular flexibility index (Phi) is 14.5. The van der Waals surface area contributed by atoms with Crippen LogP contribution in [0.15, 0.2) is 18.2 Å². The van der Waals surface area contributed by atoms with Crippen molar-refractivity contribution in [3.8, 4) is 12.3 Å². The molecule has 0 aromatic heterocycles. The fourth-order valence-electron chi connectivity index (χ4n) is 3.74. The molecule has 232 valence electrons. The molecule has 0 aliphatic carbocycles. The van der Waals surface area contributed by atoms with E-state index in [1.54, 1.807) is 52.8 Å². The Hall–Kier alpha value is -4.18. The third-order valence-electron chi connectivity index (χ3n) is 5.75. The summed E-state index contributed by atoms with van der Waals surface area (Å²) in [6, 6.07) is 2.02. The summed E-state index contributed by atoms with van der Waals surface area (Å²) in [5.41, 5.74) is 5.85. The average Bonchev–Trinajstić information content (AvgIpc) is 2.87. The first-order valence-electron chi connectivity index (χ1n) is 13.3. The third kappa shape index (κ3) is 13.0. The van der Waals surface area contributed by atoms with Gasteiger partial charge < -0.3 is 36.8 Å². The number of nitrogens with one attached hydrogen (secondary N) is 4. The minimum Gasteiger partial charge on any atom is -0.465 e. The van der Waals surface area contributed by atoms with Crippen molar-refractivity contribution in [2.45, 2.75) is 77.6 Å². The fraction of sp³-hybridized carbons (Fsp3) is 0.536. The number of hydrogen-bond donors (Lipinski definition) is 6. The molecular weight excluding hydrogens is 568 g/mol. The number of anilines is 1. The highest BCUT2D eigenvalue weighted by atomic mass is 35.5. The molecule has 0 unspecified atom stereocenters. The van der Waals surface area contributed by atoms with E-state index < -0.39 is 47.7 Å². The molecule has 1 rings (SSSR count). The molecule has 14 heteroatoms. The van der Waals surface area contributed by atoms with Gasteiger partial charge in [0.1, 0.15) is 17.7 Å².